The molecule has 0 fully saturated rings. The summed E-state index contributed by atoms with van der Waals surface area (Å²) in [5.74, 6) is 0. The maximum absolute atomic E-state index is 11.5. The molecule has 2 atom stereocenters. The van der Waals surface area contributed by atoms with Gasteiger partial charge in [0.2, 0.25) is 0 Å². The van der Waals surface area contributed by atoms with Gasteiger partial charge in [0.05, 0.1) is 0 Å². The van der Waals surface area contributed by atoms with Gasteiger partial charge in [-0.25, -0.2) is 4.79 Å². The quantitative estimate of drug-likeness (QED) is 0.428. The summed E-state index contributed by atoms with van der Waals surface area (Å²) in [6, 6.07) is 1.16. The van der Waals surface area contributed by atoms with Crippen molar-refractivity contribution in [2.75, 3.05) is 6.35 Å². The van der Waals surface area contributed by atoms with Crippen molar-refractivity contribution in [1.82, 2.24) is 15.7 Å². The van der Waals surface area contributed by atoms with Crippen LogP contribution < -0.4 is 17.4 Å². The van der Waals surface area contributed by atoms with E-state index in [0.29, 0.717) is 0 Å². The van der Waals surface area contributed by atoms with Gasteiger partial charge in [0.25, 0.3) is 5.56 Å². The van der Waals surface area contributed by atoms with Crippen molar-refractivity contribution >= 4 is 7.60 Å². The molecule has 2 unspecified atom stereocenters. The summed E-state index contributed by atoms with van der Waals surface area (Å²) in [6.07, 6.45) is 1.60. The van der Waals surface area contributed by atoms with E-state index in [-0.39, 0.29) is 6.15 Å². The van der Waals surface area contributed by atoms with Gasteiger partial charge in [0.15, 0.2) is 18.9 Å². The number of aromatic nitrogens is 2. The normalized spacial score (nSPS) is 21.7. The molecular weight excluding hydrogens is 293 g/mol. The molecule has 0 spiro atoms. The lowest BCUT2D eigenvalue weighted by Crippen LogP contribution is -2.31. The summed E-state index contributed by atoms with van der Waals surface area (Å²) in [5.41, 5.74) is -1.18. The molecule has 2 heterocycles. The summed E-state index contributed by atoms with van der Waals surface area (Å²) in [5, 5.41) is 0. The molecule has 0 amide bonds. The van der Waals surface area contributed by atoms with Crippen molar-refractivity contribution < 1.29 is 23.8 Å². The number of hydrogen-bond donors (Lipinski definition) is 4. The first-order valence-electron chi connectivity index (χ1n) is 5.16. The molecule has 11 heteroatoms. The van der Waals surface area contributed by atoms with Crippen LogP contribution in [-0.2, 0) is 14.0 Å². The van der Waals surface area contributed by atoms with Gasteiger partial charge in [-0.3, -0.25) is 18.9 Å². The summed E-state index contributed by atoms with van der Waals surface area (Å²) >= 11 is 0. The topological polar surface area (TPSA) is 167 Å². The van der Waals surface area contributed by atoms with E-state index >= 15 is 0 Å². The highest BCUT2D eigenvalue weighted by molar-refractivity contribution is 7.51. The van der Waals surface area contributed by atoms with Crippen molar-refractivity contribution in [2.24, 2.45) is 0 Å². The highest BCUT2D eigenvalue weighted by Crippen LogP contribution is 2.35. The summed E-state index contributed by atoms with van der Waals surface area (Å²) < 4.78 is 21.8. The molecule has 1 aliphatic rings. The first kappa shape index (κ1) is 16.5. The first-order valence-corrected chi connectivity index (χ1v) is 6.96. The van der Waals surface area contributed by atoms with Crippen molar-refractivity contribution in [2.45, 2.75) is 12.5 Å². The third kappa shape index (κ3) is 4.23. The van der Waals surface area contributed by atoms with Gasteiger partial charge in [-0.05, 0) is 12.2 Å². The second-order valence-electron chi connectivity index (χ2n) is 3.76. The predicted molar refractivity (Wildman–Crippen MR) is 68.4 cm³/mol. The lowest BCUT2D eigenvalue weighted by atomic mass is 10.5. The number of nitrogens with zero attached hydrogens (tertiary/aromatic N) is 1. The molecule has 7 N–H and O–H groups in total. The van der Waals surface area contributed by atoms with Crippen LogP contribution in [0.5, 0.6) is 0 Å². The molecular formula is C9H15N3O7P+. The van der Waals surface area contributed by atoms with E-state index < -0.39 is 37.7 Å². The molecule has 1 aromatic heterocycles. The molecule has 1 aromatic rings. The third-order valence-electron chi connectivity index (χ3n) is 2.24. The van der Waals surface area contributed by atoms with Crippen LogP contribution in [0.25, 0.3) is 0 Å². The lowest BCUT2D eigenvalue weighted by molar-refractivity contribution is -0.127. The molecule has 0 saturated carbocycles. The van der Waals surface area contributed by atoms with Gasteiger partial charge in [-0.2, -0.15) is 0 Å². The van der Waals surface area contributed by atoms with E-state index in [1.165, 1.54) is 18.3 Å². The van der Waals surface area contributed by atoms with Gasteiger partial charge in [0.1, 0.15) is 0 Å². The predicted octanol–water partition coefficient (Wildman–Crippen LogP) is -0.524. The minimum Gasteiger partial charge on any atom is -0.369 e. The average Bonchev–Trinajstić information content (AvgIpc) is 2.74. The first-order chi connectivity index (χ1) is 8.85. The second kappa shape index (κ2) is 6.27. The van der Waals surface area contributed by atoms with Crippen LogP contribution in [0.1, 0.15) is 6.23 Å². The van der Waals surface area contributed by atoms with E-state index in [1.54, 1.807) is 0 Å². The Bertz CT molecular complexity index is 645. The van der Waals surface area contributed by atoms with Crippen molar-refractivity contribution in [3.05, 3.63) is 45.3 Å². The molecule has 20 heavy (non-hydrogen) atoms. The molecule has 0 radical (unpaired) electrons. The average molecular weight is 308 g/mol. The van der Waals surface area contributed by atoms with Crippen LogP contribution in [0, 0.1) is 0 Å². The fourth-order valence-corrected chi connectivity index (χ4v) is 1.81. The molecule has 112 valence electrons. The fourth-order valence-electron chi connectivity index (χ4n) is 1.47. The largest absolute Gasteiger partial charge is 0.369 e. The van der Waals surface area contributed by atoms with Crippen LogP contribution in [0.4, 0.5) is 0 Å². The van der Waals surface area contributed by atoms with E-state index in [1.807, 2.05) is 0 Å². The summed E-state index contributed by atoms with van der Waals surface area (Å²) in [7, 11) is -4.28. The van der Waals surface area contributed by atoms with Gasteiger partial charge in [-0.1, -0.05) is 0 Å². The number of H-pyrrole nitrogens is 1. The standard InChI is InChI=1S/C9H11N2O7P.H3N/c12-6-3-4-11(9(13)10-6)7-1-2-8(18-7)17-5-19(14,15)16;/h1-4,7-8H,5H2,(H,10,12,13)(H2,14,15,16);1H3/p+1. The molecule has 1 aliphatic heterocycles. The Kier molecular flexibility index (Phi) is 5.17. The Hall–Kier alpha value is -1.55. The number of nitrogens with one attached hydrogen (secondary N) is 1. The maximum Gasteiger partial charge on any atom is 0.351 e. The van der Waals surface area contributed by atoms with Gasteiger partial charge in [-0.15, -0.1) is 0 Å². The van der Waals surface area contributed by atoms with E-state index in [0.717, 1.165) is 10.6 Å². The highest BCUT2D eigenvalue weighted by Gasteiger charge is 2.24. The Morgan fingerprint density at radius 2 is 2.10 bits per heavy atom. The van der Waals surface area contributed by atoms with Gasteiger partial charge in [0, 0.05) is 12.3 Å². The smallest absolute Gasteiger partial charge is 0.351 e. The molecule has 0 aromatic carbocycles. The molecule has 0 saturated heterocycles. The van der Waals surface area contributed by atoms with Crippen LogP contribution in [0.15, 0.2) is 34.0 Å². The van der Waals surface area contributed by atoms with Crippen LogP contribution >= 0.6 is 7.60 Å². The Labute approximate surface area is 112 Å². The van der Waals surface area contributed by atoms with E-state index in [4.69, 9.17) is 19.3 Å². The highest BCUT2D eigenvalue weighted by atomic mass is 31.2. The number of quaternary nitrogens is 1. The van der Waals surface area contributed by atoms with Crippen molar-refractivity contribution in [1.29, 1.82) is 0 Å². The molecule has 2 rings (SSSR count). The molecule has 0 aliphatic carbocycles. The van der Waals surface area contributed by atoms with Crippen LogP contribution in [0.3, 0.4) is 0 Å². The zero-order valence-corrected chi connectivity index (χ0v) is 11.4. The van der Waals surface area contributed by atoms with Crippen LogP contribution in [0.2, 0.25) is 0 Å². The van der Waals surface area contributed by atoms with Crippen LogP contribution in [-0.4, -0.2) is 32.0 Å². The number of aromatic amines is 1. The number of rotatable bonds is 4. The minimum atomic E-state index is -4.28. The molecule has 0 bridgehead atoms. The fraction of sp³-hybridized carbons (Fsp3) is 0.333. The van der Waals surface area contributed by atoms with E-state index in [2.05, 4.69) is 4.98 Å². The SMILES string of the molecule is O=c1ccn(C2C=CC(OCP(=O)(O)O)O2)c(=O)[nH]1.[NH4+]. The summed E-state index contributed by atoms with van der Waals surface area (Å²) in [6.45, 7) is 0. The molecule has 10 nitrogen and oxygen atoms in total. The Morgan fingerprint density at radius 1 is 1.40 bits per heavy atom. The van der Waals surface area contributed by atoms with Gasteiger partial charge >= 0.3 is 13.3 Å². The number of ether oxygens (including phenoxy) is 2. The monoisotopic (exact) mass is 308 g/mol. The van der Waals surface area contributed by atoms with E-state index in [9.17, 15) is 14.2 Å². The number of hydrogen-bond acceptors (Lipinski definition) is 5. The lowest BCUT2D eigenvalue weighted by Gasteiger charge is -2.16. The zero-order chi connectivity index (χ0) is 14.0. The van der Waals surface area contributed by atoms with Crippen molar-refractivity contribution in [3.8, 4) is 0 Å². The van der Waals surface area contributed by atoms with Gasteiger partial charge < -0.3 is 25.4 Å². The Morgan fingerprint density at radius 3 is 2.70 bits per heavy atom. The Balaban J connectivity index is 0.00000200. The third-order valence-corrected chi connectivity index (χ3v) is 2.72. The maximum atomic E-state index is 11.5. The second-order valence-corrected chi connectivity index (χ2v) is 5.35. The zero-order valence-electron chi connectivity index (χ0n) is 10.5. The van der Waals surface area contributed by atoms with Crippen molar-refractivity contribution in [3.63, 3.8) is 0 Å². The minimum absolute atomic E-state index is 0. The summed E-state index contributed by atoms with van der Waals surface area (Å²) in [4.78, 5) is 41.7.